The van der Waals surface area contributed by atoms with E-state index in [0.29, 0.717) is 47.2 Å². The zero-order valence-electron chi connectivity index (χ0n) is 18.9. The van der Waals surface area contributed by atoms with Crippen molar-refractivity contribution < 1.29 is 18.7 Å². The lowest BCUT2D eigenvalue weighted by Crippen LogP contribution is -2.32. The predicted octanol–water partition coefficient (Wildman–Crippen LogP) is 5.59. The van der Waals surface area contributed by atoms with Gasteiger partial charge in [-0.2, -0.15) is 0 Å². The molecule has 32 heavy (non-hydrogen) atoms. The summed E-state index contributed by atoms with van der Waals surface area (Å²) in [7, 11) is -1.69. The Kier molecular flexibility index (Phi) is 6.45. The number of fused-ring (bicyclic) bond motifs is 1. The van der Waals surface area contributed by atoms with Crippen molar-refractivity contribution >= 4 is 27.0 Å². The smallest absolute Gasteiger partial charge is 0.312 e. The Morgan fingerprint density at radius 1 is 1.06 bits per heavy atom. The van der Waals surface area contributed by atoms with Crippen molar-refractivity contribution in [2.24, 2.45) is 5.41 Å². The van der Waals surface area contributed by atoms with E-state index in [4.69, 9.17) is 13.9 Å². The van der Waals surface area contributed by atoms with Crippen molar-refractivity contribution in [3.8, 4) is 11.1 Å². The summed E-state index contributed by atoms with van der Waals surface area (Å²) >= 11 is 0. The van der Waals surface area contributed by atoms with Gasteiger partial charge in [0.15, 0.2) is 10.5 Å². The van der Waals surface area contributed by atoms with Crippen LogP contribution < -0.4 is 5.43 Å². The Balaban J connectivity index is 1.80. The molecule has 0 amide bonds. The standard InChI is InChI=1S/C26H30O5S/c1-4-26(2,3)25(28)30-18-32(15-13-29-14-16-32)23-17-22(27)21-12-8-11-20(24(21)31-23)19-9-6-5-7-10-19/h5-12,17H,4,13-16,18H2,1-3H3. The number of hydrogen-bond acceptors (Lipinski definition) is 5. The van der Waals surface area contributed by atoms with Crippen LogP contribution in [0.15, 0.2) is 68.9 Å². The molecule has 1 saturated heterocycles. The molecular weight excluding hydrogens is 424 g/mol. The number of rotatable bonds is 6. The number of esters is 1. The molecule has 0 bridgehead atoms. The lowest BCUT2D eigenvalue weighted by molar-refractivity contribution is -0.151. The van der Waals surface area contributed by atoms with Crippen LogP contribution >= 0.6 is 10.0 Å². The second-order valence-corrected chi connectivity index (χ2v) is 12.4. The molecule has 0 aliphatic carbocycles. The number of para-hydroxylation sites is 1. The van der Waals surface area contributed by atoms with Gasteiger partial charge in [-0.05, 0) is 31.9 Å². The van der Waals surface area contributed by atoms with Crippen LogP contribution in [-0.2, 0) is 14.3 Å². The van der Waals surface area contributed by atoms with Crippen LogP contribution in [0.3, 0.4) is 0 Å². The summed E-state index contributed by atoms with van der Waals surface area (Å²) in [5.41, 5.74) is 1.84. The Bertz CT molecular complexity index is 1160. The predicted molar refractivity (Wildman–Crippen MR) is 129 cm³/mol. The van der Waals surface area contributed by atoms with Gasteiger partial charge in [-0.25, -0.2) is 0 Å². The summed E-state index contributed by atoms with van der Waals surface area (Å²) in [5.74, 6) is 1.44. The van der Waals surface area contributed by atoms with Gasteiger partial charge in [0.05, 0.1) is 24.0 Å². The van der Waals surface area contributed by atoms with Crippen LogP contribution in [0.5, 0.6) is 0 Å². The molecule has 1 fully saturated rings. The minimum Gasteiger partial charge on any atom is -0.455 e. The van der Waals surface area contributed by atoms with Crippen LogP contribution in [0.1, 0.15) is 27.2 Å². The number of hydrogen-bond donors (Lipinski definition) is 0. The Morgan fingerprint density at radius 3 is 2.47 bits per heavy atom. The third kappa shape index (κ3) is 4.34. The molecule has 0 spiro atoms. The van der Waals surface area contributed by atoms with Gasteiger partial charge < -0.3 is 13.9 Å². The van der Waals surface area contributed by atoms with Gasteiger partial charge in [0.1, 0.15) is 11.5 Å². The first kappa shape index (κ1) is 22.6. The van der Waals surface area contributed by atoms with Crippen molar-refractivity contribution in [3.63, 3.8) is 0 Å². The van der Waals surface area contributed by atoms with Crippen molar-refractivity contribution in [2.75, 3.05) is 30.7 Å². The maximum Gasteiger partial charge on any atom is 0.312 e. The summed E-state index contributed by atoms with van der Waals surface area (Å²) in [6.07, 6.45) is 0.697. The first-order valence-corrected chi connectivity index (χ1v) is 13.1. The van der Waals surface area contributed by atoms with Gasteiger partial charge in [-0.15, -0.1) is 10.0 Å². The van der Waals surface area contributed by atoms with E-state index < -0.39 is 15.4 Å². The highest BCUT2D eigenvalue weighted by atomic mass is 32.3. The number of carbonyl (C=O) groups excluding carboxylic acids is 1. The fraction of sp³-hybridized carbons (Fsp3) is 0.385. The minimum atomic E-state index is -1.69. The van der Waals surface area contributed by atoms with E-state index in [1.165, 1.54) is 0 Å². The molecule has 1 aliphatic rings. The van der Waals surface area contributed by atoms with Gasteiger partial charge in [0.25, 0.3) is 0 Å². The second kappa shape index (κ2) is 9.12. The zero-order valence-corrected chi connectivity index (χ0v) is 19.7. The van der Waals surface area contributed by atoms with E-state index in [-0.39, 0.29) is 17.3 Å². The van der Waals surface area contributed by atoms with Gasteiger partial charge in [-0.1, -0.05) is 49.4 Å². The fourth-order valence-electron chi connectivity index (χ4n) is 3.74. The Morgan fingerprint density at radius 2 is 1.78 bits per heavy atom. The Hall–Kier alpha value is -2.57. The molecule has 2 aromatic carbocycles. The second-order valence-electron chi connectivity index (χ2n) is 8.83. The molecule has 0 radical (unpaired) electrons. The van der Waals surface area contributed by atoms with Crippen LogP contribution in [0, 0.1) is 5.41 Å². The quantitative estimate of drug-likeness (QED) is 0.454. The third-order valence-corrected chi connectivity index (χ3v) is 9.85. The molecule has 0 N–H and O–H groups in total. The number of carbonyl (C=O) groups is 1. The summed E-state index contributed by atoms with van der Waals surface area (Å²) in [4.78, 5) is 25.8. The maximum absolute atomic E-state index is 13.1. The molecule has 5 nitrogen and oxygen atoms in total. The lowest BCUT2D eigenvalue weighted by Gasteiger charge is -2.41. The topological polar surface area (TPSA) is 65.7 Å². The molecule has 1 aromatic heterocycles. The fourth-order valence-corrected chi connectivity index (χ4v) is 6.52. The van der Waals surface area contributed by atoms with E-state index in [1.807, 2.05) is 63.2 Å². The molecule has 6 heteroatoms. The van der Waals surface area contributed by atoms with Crippen molar-refractivity contribution in [1.82, 2.24) is 0 Å². The molecule has 3 aromatic rings. The molecule has 2 heterocycles. The molecular formula is C26H30O5S. The summed E-state index contributed by atoms with van der Waals surface area (Å²) in [5, 5.41) is 1.20. The van der Waals surface area contributed by atoms with E-state index >= 15 is 0 Å². The van der Waals surface area contributed by atoms with Crippen molar-refractivity contribution in [3.05, 3.63) is 64.8 Å². The highest BCUT2D eigenvalue weighted by molar-refractivity contribution is 8.33. The molecule has 170 valence electrons. The highest BCUT2D eigenvalue weighted by Crippen LogP contribution is 2.57. The molecule has 0 unspecified atom stereocenters. The van der Waals surface area contributed by atoms with Crippen molar-refractivity contribution in [2.45, 2.75) is 32.3 Å². The van der Waals surface area contributed by atoms with Crippen LogP contribution in [0.2, 0.25) is 0 Å². The first-order valence-electron chi connectivity index (χ1n) is 11.0. The van der Waals surface area contributed by atoms with Gasteiger partial charge in [-0.3, -0.25) is 9.59 Å². The summed E-state index contributed by atoms with van der Waals surface area (Å²) in [6.45, 7) is 6.89. The number of benzene rings is 2. The summed E-state index contributed by atoms with van der Waals surface area (Å²) < 4.78 is 18.0. The number of ether oxygens (including phenoxy) is 2. The lowest BCUT2D eigenvalue weighted by atomic mass is 9.91. The normalized spacial score (nSPS) is 17.1. The minimum absolute atomic E-state index is 0.0717. The van der Waals surface area contributed by atoms with E-state index in [1.54, 1.807) is 12.1 Å². The van der Waals surface area contributed by atoms with E-state index in [9.17, 15) is 9.59 Å². The van der Waals surface area contributed by atoms with Gasteiger partial charge >= 0.3 is 5.97 Å². The zero-order chi connectivity index (χ0) is 22.8. The van der Waals surface area contributed by atoms with Crippen molar-refractivity contribution in [1.29, 1.82) is 0 Å². The van der Waals surface area contributed by atoms with Gasteiger partial charge in [0.2, 0.25) is 0 Å². The Labute approximate surface area is 190 Å². The maximum atomic E-state index is 13.1. The van der Waals surface area contributed by atoms with E-state index in [2.05, 4.69) is 0 Å². The molecule has 0 saturated carbocycles. The average molecular weight is 455 g/mol. The van der Waals surface area contributed by atoms with Crippen LogP contribution in [0.4, 0.5) is 0 Å². The SMILES string of the molecule is CCC(C)(C)C(=O)OCS1(c2cc(=O)c3cccc(-c4ccccc4)c3o2)CCOCC1. The van der Waals surface area contributed by atoms with Gasteiger partial charge in [0, 0.05) is 23.1 Å². The third-order valence-electron chi connectivity index (χ3n) is 6.33. The molecule has 4 rings (SSSR count). The largest absolute Gasteiger partial charge is 0.455 e. The first-order chi connectivity index (χ1) is 15.4. The monoisotopic (exact) mass is 454 g/mol. The molecule has 0 atom stereocenters. The average Bonchev–Trinajstić information content (AvgIpc) is 2.83. The summed E-state index contributed by atoms with van der Waals surface area (Å²) in [6, 6.07) is 17.2. The van der Waals surface area contributed by atoms with Crippen LogP contribution in [-0.4, -0.2) is 36.6 Å². The highest BCUT2D eigenvalue weighted by Gasteiger charge is 2.36. The van der Waals surface area contributed by atoms with Crippen LogP contribution in [0.25, 0.3) is 22.1 Å². The van der Waals surface area contributed by atoms with E-state index in [0.717, 1.165) is 11.1 Å². The molecule has 1 aliphatic heterocycles.